The van der Waals surface area contributed by atoms with Crippen LogP contribution in [0.4, 0.5) is 4.39 Å². The highest BCUT2D eigenvalue weighted by Crippen LogP contribution is 2.10. The van der Waals surface area contributed by atoms with Crippen LogP contribution in [0.5, 0.6) is 0 Å². The molecule has 0 unspecified atom stereocenters. The number of hydrogen-bond donors (Lipinski definition) is 0. The van der Waals surface area contributed by atoms with E-state index in [4.69, 9.17) is 0 Å². The summed E-state index contributed by atoms with van der Waals surface area (Å²) in [6.45, 7) is 0. The van der Waals surface area contributed by atoms with Crippen molar-refractivity contribution in [3.63, 3.8) is 0 Å². The van der Waals surface area contributed by atoms with E-state index in [0.717, 1.165) is 0 Å². The second-order valence-corrected chi connectivity index (χ2v) is 3.46. The number of carbonyl (C=O) groups is 1. The summed E-state index contributed by atoms with van der Waals surface area (Å²) in [4.78, 5) is 14.7. The van der Waals surface area contributed by atoms with E-state index in [-0.39, 0.29) is 12.0 Å². The molecule has 0 atom stereocenters. The van der Waals surface area contributed by atoms with Gasteiger partial charge in [0.1, 0.15) is 9.52 Å². The van der Waals surface area contributed by atoms with Crippen LogP contribution in [0.15, 0.2) is 12.3 Å². The molecule has 0 saturated carbocycles. The predicted octanol–water partition coefficient (Wildman–Crippen LogP) is 1.54. The summed E-state index contributed by atoms with van der Waals surface area (Å²) in [6.07, 6.45) is 1.26. The molecule has 0 radical (unpaired) electrons. The predicted molar refractivity (Wildman–Crippen MR) is 52.6 cm³/mol. The van der Waals surface area contributed by atoms with Crippen LogP contribution in [0.25, 0.3) is 0 Å². The third-order valence-corrected chi connectivity index (χ3v) is 2.05. The molecule has 13 heavy (non-hydrogen) atoms. The first-order valence-corrected chi connectivity index (χ1v) is 4.58. The lowest BCUT2D eigenvalue weighted by molar-refractivity contribution is -0.139. The van der Waals surface area contributed by atoms with Crippen molar-refractivity contribution in [2.24, 2.45) is 0 Å². The molecule has 1 aromatic rings. The summed E-state index contributed by atoms with van der Waals surface area (Å²) in [5.74, 6) is -0.897. The van der Waals surface area contributed by atoms with Crippen LogP contribution < -0.4 is 0 Å². The molecule has 0 fully saturated rings. The fraction of sp³-hybridized carbons (Fsp3) is 0.250. The number of aromatic nitrogens is 1. The fourth-order valence-electron chi connectivity index (χ4n) is 0.794. The lowest BCUT2D eigenvalue weighted by Crippen LogP contribution is -2.06. The lowest BCUT2D eigenvalue weighted by atomic mass is 10.2. The normalized spacial score (nSPS) is 9.77. The molecule has 70 valence electrons. The molecule has 0 aromatic carbocycles. The first kappa shape index (κ1) is 10.4. The van der Waals surface area contributed by atoms with Gasteiger partial charge in [0.05, 0.1) is 13.5 Å². The van der Waals surface area contributed by atoms with Crippen LogP contribution in [-0.4, -0.2) is 18.1 Å². The molecule has 1 heterocycles. The largest absolute Gasteiger partial charge is 0.469 e. The highest BCUT2D eigenvalue weighted by molar-refractivity contribution is 14.1. The number of halogens is 2. The summed E-state index contributed by atoms with van der Waals surface area (Å²) >= 11 is 1.90. The molecule has 0 aliphatic carbocycles. The summed E-state index contributed by atoms with van der Waals surface area (Å²) in [6, 6.07) is 1.28. The van der Waals surface area contributed by atoms with Gasteiger partial charge in [-0.1, -0.05) is 0 Å². The Bertz CT molecular complexity index is 330. The van der Waals surface area contributed by atoms with Crippen molar-refractivity contribution in [3.8, 4) is 0 Å². The maximum absolute atomic E-state index is 13.1. The van der Waals surface area contributed by atoms with Gasteiger partial charge in [-0.2, -0.15) is 0 Å². The standard InChI is InChI=1S/C8H7FINO2/c1-13-8(12)2-5-4-11-7(10)3-6(5)9/h3-4H,2H2,1H3. The highest BCUT2D eigenvalue weighted by atomic mass is 127. The van der Waals surface area contributed by atoms with E-state index in [1.807, 2.05) is 22.6 Å². The van der Waals surface area contributed by atoms with Crippen LogP contribution in [0, 0.1) is 9.52 Å². The number of hydrogen-bond acceptors (Lipinski definition) is 3. The van der Waals surface area contributed by atoms with Gasteiger partial charge in [-0.15, -0.1) is 0 Å². The van der Waals surface area contributed by atoms with E-state index in [9.17, 15) is 9.18 Å². The SMILES string of the molecule is COC(=O)Cc1cnc(I)cc1F. The van der Waals surface area contributed by atoms with E-state index in [1.54, 1.807) is 0 Å². The average molecular weight is 295 g/mol. The first-order valence-electron chi connectivity index (χ1n) is 3.50. The number of esters is 1. The number of pyridine rings is 1. The Morgan fingerprint density at radius 2 is 2.46 bits per heavy atom. The van der Waals surface area contributed by atoms with Gasteiger partial charge in [-0.05, 0) is 22.6 Å². The molecule has 5 heteroatoms. The molecule has 1 aromatic heterocycles. The van der Waals surface area contributed by atoms with Crippen molar-refractivity contribution in [1.82, 2.24) is 4.98 Å². The van der Waals surface area contributed by atoms with Gasteiger partial charge in [-0.3, -0.25) is 4.79 Å². The second-order valence-electron chi connectivity index (χ2n) is 2.35. The van der Waals surface area contributed by atoms with Gasteiger partial charge in [0, 0.05) is 17.8 Å². The van der Waals surface area contributed by atoms with Crippen LogP contribution in [0.2, 0.25) is 0 Å². The fourth-order valence-corrected chi connectivity index (χ4v) is 1.21. The van der Waals surface area contributed by atoms with Gasteiger partial charge in [0.25, 0.3) is 0 Å². The van der Waals surface area contributed by atoms with E-state index in [2.05, 4.69) is 9.72 Å². The van der Waals surface area contributed by atoms with Crippen molar-refractivity contribution in [1.29, 1.82) is 0 Å². The summed E-state index contributed by atoms with van der Waals surface area (Å²) in [5.41, 5.74) is 0.257. The zero-order valence-electron chi connectivity index (χ0n) is 6.88. The van der Waals surface area contributed by atoms with Gasteiger partial charge < -0.3 is 4.74 Å². The molecular formula is C8H7FINO2. The zero-order valence-corrected chi connectivity index (χ0v) is 9.04. The Labute approximate surface area is 88.4 Å². The molecule has 0 N–H and O–H groups in total. The van der Waals surface area contributed by atoms with Gasteiger partial charge in [0.2, 0.25) is 0 Å². The van der Waals surface area contributed by atoms with Crippen molar-refractivity contribution in [2.45, 2.75) is 6.42 Å². The Hall–Kier alpha value is -0.720. The number of ether oxygens (including phenoxy) is 1. The summed E-state index contributed by atoms with van der Waals surface area (Å²) in [5, 5.41) is 0. The second kappa shape index (κ2) is 4.50. The number of methoxy groups -OCH3 is 1. The molecule has 3 nitrogen and oxygen atoms in total. The highest BCUT2D eigenvalue weighted by Gasteiger charge is 2.08. The Morgan fingerprint density at radius 3 is 3.00 bits per heavy atom. The average Bonchev–Trinajstić information content (AvgIpc) is 2.09. The van der Waals surface area contributed by atoms with Crippen LogP contribution >= 0.6 is 22.6 Å². The number of rotatable bonds is 2. The first-order chi connectivity index (χ1) is 6.13. The monoisotopic (exact) mass is 295 g/mol. The van der Waals surface area contributed by atoms with Gasteiger partial charge in [-0.25, -0.2) is 9.37 Å². The number of carbonyl (C=O) groups excluding carboxylic acids is 1. The van der Waals surface area contributed by atoms with Crippen molar-refractivity contribution >= 4 is 28.6 Å². The molecule has 0 saturated heterocycles. The Kier molecular flexibility index (Phi) is 3.58. The number of nitrogens with zero attached hydrogens (tertiary/aromatic N) is 1. The van der Waals surface area contributed by atoms with E-state index >= 15 is 0 Å². The molecule has 0 aliphatic heterocycles. The van der Waals surface area contributed by atoms with E-state index in [0.29, 0.717) is 3.70 Å². The van der Waals surface area contributed by atoms with Crippen molar-refractivity contribution in [3.05, 3.63) is 27.3 Å². The van der Waals surface area contributed by atoms with Crippen molar-refractivity contribution in [2.75, 3.05) is 7.11 Å². The minimum Gasteiger partial charge on any atom is -0.469 e. The summed E-state index contributed by atoms with van der Waals surface area (Å²) in [7, 11) is 1.26. The van der Waals surface area contributed by atoms with Gasteiger partial charge >= 0.3 is 5.97 Å². The summed E-state index contributed by atoms with van der Waals surface area (Å²) < 4.78 is 18.1. The van der Waals surface area contributed by atoms with Crippen molar-refractivity contribution < 1.29 is 13.9 Å². The van der Waals surface area contributed by atoms with E-state index < -0.39 is 11.8 Å². The van der Waals surface area contributed by atoms with E-state index in [1.165, 1.54) is 19.4 Å². The van der Waals surface area contributed by atoms with Crippen LogP contribution in [-0.2, 0) is 16.0 Å². The zero-order chi connectivity index (χ0) is 9.84. The molecule has 0 aliphatic rings. The van der Waals surface area contributed by atoms with Crippen LogP contribution in [0.3, 0.4) is 0 Å². The van der Waals surface area contributed by atoms with Crippen LogP contribution in [0.1, 0.15) is 5.56 Å². The Morgan fingerprint density at radius 1 is 1.77 bits per heavy atom. The molecular weight excluding hydrogens is 288 g/mol. The molecule has 0 amide bonds. The molecule has 0 spiro atoms. The quantitative estimate of drug-likeness (QED) is 0.472. The minimum absolute atomic E-state index is 0.0771. The van der Waals surface area contributed by atoms with Gasteiger partial charge in [0.15, 0.2) is 0 Å². The maximum atomic E-state index is 13.1. The lowest BCUT2D eigenvalue weighted by Gasteiger charge is -2.00. The smallest absolute Gasteiger partial charge is 0.310 e. The Balaban J connectivity index is 2.83. The topological polar surface area (TPSA) is 39.2 Å². The third-order valence-electron chi connectivity index (χ3n) is 1.46. The minimum atomic E-state index is -0.470. The third kappa shape index (κ3) is 2.91. The molecule has 1 rings (SSSR count). The molecule has 0 bridgehead atoms. The maximum Gasteiger partial charge on any atom is 0.310 e.